The first-order valence-corrected chi connectivity index (χ1v) is 11.5. The number of piperidine rings is 1. The van der Waals surface area contributed by atoms with Gasteiger partial charge in [-0.05, 0) is 57.0 Å². The fraction of sp³-hybridized carbons (Fsp3) is 0.500. The zero-order valence-electron chi connectivity index (χ0n) is 18.3. The molecule has 0 amide bonds. The van der Waals surface area contributed by atoms with E-state index >= 15 is 0 Å². The van der Waals surface area contributed by atoms with E-state index in [2.05, 4.69) is 10.1 Å². The minimum absolute atomic E-state index is 0.00417. The highest BCUT2D eigenvalue weighted by Crippen LogP contribution is 2.35. The molecule has 9 heteroatoms. The van der Waals surface area contributed by atoms with Crippen LogP contribution in [0.15, 0.2) is 36.8 Å². The number of hydrogen-bond acceptors (Lipinski definition) is 5. The van der Waals surface area contributed by atoms with Crippen LogP contribution in [0.5, 0.6) is 0 Å². The third-order valence-corrected chi connectivity index (χ3v) is 6.56. The van der Waals surface area contributed by atoms with Crippen molar-refractivity contribution in [2.75, 3.05) is 19.6 Å². The predicted molar refractivity (Wildman–Crippen MR) is 118 cm³/mol. The summed E-state index contributed by atoms with van der Waals surface area (Å²) in [5.74, 6) is -0.0311. The Kier molecular flexibility index (Phi) is 5.90. The Morgan fingerprint density at radius 3 is 2.61 bits per heavy atom. The highest BCUT2D eigenvalue weighted by Gasteiger charge is 2.30. The van der Waals surface area contributed by atoms with Crippen molar-refractivity contribution in [2.24, 2.45) is 5.92 Å². The molecule has 1 aliphatic heterocycles. The largest absolute Gasteiger partial charge is 0.390 e. The lowest BCUT2D eigenvalue weighted by atomic mass is 9.90. The summed E-state index contributed by atoms with van der Waals surface area (Å²) < 4.78 is 39.3. The van der Waals surface area contributed by atoms with Crippen LogP contribution in [0.1, 0.15) is 43.8 Å². The molecule has 0 radical (unpaired) electrons. The standard InChI is InChI=1S/C24H26F3N5O/c25-24(26,27)7-10-31-8-5-16(6-9-31)23(33)12-19-11-22-17(13-28-19)1-4-21(30-22)18-14-29-32(15-18)20-2-3-20/h1,4,11,13-16,20H,2-3,5-10,12H2. The molecule has 4 heterocycles. The number of halogens is 3. The van der Waals surface area contributed by atoms with E-state index in [9.17, 15) is 18.0 Å². The number of carbonyl (C=O) groups is 1. The zero-order valence-corrected chi connectivity index (χ0v) is 18.3. The molecule has 0 N–H and O–H groups in total. The van der Waals surface area contributed by atoms with Gasteiger partial charge in [-0.25, -0.2) is 4.98 Å². The number of fused-ring (bicyclic) bond motifs is 1. The van der Waals surface area contributed by atoms with E-state index in [1.807, 2.05) is 35.3 Å². The molecule has 1 aliphatic carbocycles. The van der Waals surface area contributed by atoms with Crippen molar-refractivity contribution in [3.05, 3.63) is 42.5 Å². The number of likely N-dealkylation sites (tertiary alicyclic amines) is 1. The predicted octanol–water partition coefficient (Wildman–Crippen LogP) is 4.60. The normalized spacial score (nSPS) is 18.2. The van der Waals surface area contributed by atoms with Crippen molar-refractivity contribution < 1.29 is 18.0 Å². The molecule has 5 rings (SSSR count). The molecule has 0 bridgehead atoms. The molecule has 174 valence electrons. The highest BCUT2D eigenvalue weighted by atomic mass is 19.4. The van der Waals surface area contributed by atoms with Crippen LogP contribution in [0.2, 0.25) is 0 Å². The first kappa shape index (κ1) is 22.0. The molecule has 33 heavy (non-hydrogen) atoms. The van der Waals surface area contributed by atoms with Crippen LogP contribution < -0.4 is 0 Å². The van der Waals surface area contributed by atoms with Gasteiger partial charge in [0.25, 0.3) is 0 Å². The van der Waals surface area contributed by atoms with Gasteiger partial charge in [0, 0.05) is 47.9 Å². The summed E-state index contributed by atoms with van der Waals surface area (Å²) in [6.07, 6.45) is 4.40. The Balaban J connectivity index is 1.22. The molecule has 1 saturated carbocycles. The zero-order chi connectivity index (χ0) is 23.0. The summed E-state index contributed by atoms with van der Waals surface area (Å²) in [6.45, 7) is 1.05. The van der Waals surface area contributed by atoms with E-state index in [1.54, 1.807) is 11.1 Å². The van der Waals surface area contributed by atoms with Gasteiger partial charge in [0.2, 0.25) is 0 Å². The van der Waals surface area contributed by atoms with Gasteiger partial charge in [0.05, 0.1) is 29.9 Å². The van der Waals surface area contributed by atoms with Crippen LogP contribution >= 0.6 is 0 Å². The average molecular weight is 458 g/mol. The van der Waals surface area contributed by atoms with Crippen LogP contribution in [0.3, 0.4) is 0 Å². The van der Waals surface area contributed by atoms with Gasteiger partial charge < -0.3 is 4.90 Å². The Morgan fingerprint density at radius 2 is 1.88 bits per heavy atom. The summed E-state index contributed by atoms with van der Waals surface area (Å²) >= 11 is 0. The molecule has 2 aliphatic rings. The molecular formula is C24H26F3N5O. The quantitative estimate of drug-likeness (QED) is 0.519. The van der Waals surface area contributed by atoms with Crippen molar-refractivity contribution >= 4 is 16.7 Å². The van der Waals surface area contributed by atoms with Crippen molar-refractivity contribution in [3.63, 3.8) is 0 Å². The molecule has 3 aromatic rings. The summed E-state index contributed by atoms with van der Waals surface area (Å²) in [4.78, 5) is 23.8. The van der Waals surface area contributed by atoms with E-state index in [0.717, 1.165) is 22.2 Å². The van der Waals surface area contributed by atoms with Crippen LogP contribution in [0.4, 0.5) is 13.2 Å². The van der Waals surface area contributed by atoms with Gasteiger partial charge in [-0.3, -0.25) is 14.5 Å². The fourth-order valence-electron chi connectivity index (χ4n) is 4.41. The molecule has 6 nitrogen and oxygen atoms in total. The second-order valence-electron chi connectivity index (χ2n) is 9.13. The second kappa shape index (κ2) is 8.85. The maximum absolute atomic E-state index is 12.8. The fourth-order valence-corrected chi connectivity index (χ4v) is 4.41. The highest BCUT2D eigenvalue weighted by molar-refractivity contribution is 5.85. The third-order valence-electron chi connectivity index (χ3n) is 6.56. The average Bonchev–Trinajstić information content (AvgIpc) is 3.53. The second-order valence-corrected chi connectivity index (χ2v) is 9.13. The van der Waals surface area contributed by atoms with Gasteiger partial charge >= 0.3 is 6.18 Å². The van der Waals surface area contributed by atoms with Gasteiger partial charge in [-0.15, -0.1) is 0 Å². The van der Waals surface area contributed by atoms with Crippen LogP contribution in [0, 0.1) is 5.92 Å². The number of alkyl halides is 3. The lowest BCUT2D eigenvalue weighted by Gasteiger charge is -2.31. The smallest absolute Gasteiger partial charge is 0.303 e. The molecule has 0 unspecified atom stereocenters. The Morgan fingerprint density at radius 1 is 1.09 bits per heavy atom. The van der Waals surface area contributed by atoms with Gasteiger partial charge in [-0.1, -0.05) is 0 Å². The van der Waals surface area contributed by atoms with Crippen LogP contribution in [-0.2, 0) is 11.2 Å². The third kappa shape index (κ3) is 5.40. The number of hydrogen-bond donors (Lipinski definition) is 0. The monoisotopic (exact) mass is 457 g/mol. The number of ketones is 1. The van der Waals surface area contributed by atoms with Crippen molar-refractivity contribution in [1.29, 1.82) is 0 Å². The summed E-state index contributed by atoms with van der Waals surface area (Å²) in [7, 11) is 0. The number of aromatic nitrogens is 4. The van der Waals surface area contributed by atoms with E-state index in [0.29, 0.717) is 37.7 Å². The molecular weight excluding hydrogens is 431 g/mol. The molecule has 0 aromatic carbocycles. The Hall–Kier alpha value is -2.81. The molecule has 0 atom stereocenters. The van der Waals surface area contributed by atoms with E-state index < -0.39 is 12.6 Å². The molecule has 2 fully saturated rings. The number of Topliss-reactive ketones (excluding diaryl/α,β-unsaturated/α-hetero) is 1. The topological polar surface area (TPSA) is 63.9 Å². The lowest BCUT2D eigenvalue weighted by Crippen LogP contribution is -2.38. The van der Waals surface area contributed by atoms with Gasteiger partial charge in [0.15, 0.2) is 0 Å². The maximum Gasteiger partial charge on any atom is 0.390 e. The Labute approximate surface area is 189 Å². The maximum atomic E-state index is 12.8. The first-order chi connectivity index (χ1) is 15.8. The number of pyridine rings is 2. The van der Waals surface area contributed by atoms with E-state index in [4.69, 9.17) is 4.98 Å². The SMILES string of the molecule is O=C(Cc1cc2nc(-c3cnn(C4CC4)c3)ccc2cn1)C1CCN(CCC(F)(F)F)CC1. The van der Waals surface area contributed by atoms with E-state index in [1.165, 1.54) is 12.8 Å². The minimum Gasteiger partial charge on any atom is -0.303 e. The van der Waals surface area contributed by atoms with Gasteiger partial charge in [0.1, 0.15) is 5.78 Å². The molecule has 1 saturated heterocycles. The van der Waals surface area contributed by atoms with Crippen LogP contribution in [0.25, 0.3) is 22.2 Å². The first-order valence-electron chi connectivity index (χ1n) is 11.5. The summed E-state index contributed by atoms with van der Waals surface area (Å²) in [5, 5.41) is 5.34. The Bertz CT molecular complexity index is 1150. The van der Waals surface area contributed by atoms with E-state index in [-0.39, 0.29) is 24.7 Å². The lowest BCUT2D eigenvalue weighted by molar-refractivity contribution is -0.139. The molecule has 0 spiro atoms. The number of carbonyl (C=O) groups excluding carboxylic acids is 1. The number of rotatable bonds is 7. The van der Waals surface area contributed by atoms with Crippen molar-refractivity contribution in [2.45, 2.75) is 50.7 Å². The minimum atomic E-state index is -4.14. The summed E-state index contributed by atoms with van der Waals surface area (Å²) in [5.41, 5.74) is 3.26. The van der Waals surface area contributed by atoms with Crippen molar-refractivity contribution in [3.8, 4) is 11.3 Å². The molecule has 3 aromatic heterocycles. The van der Waals surface area contributed by atoms with Gasteiger partial charge in [-0.2, -0.15) is 18.3 Å². The van der Waals surface area contributed by atoms with Crippen LogP contribution in [-0.4, -0.2) is 56.2 Å². The van der Waals surface area contributed by atoms with Crippen molar-refractivity contribution in [1.82, 2.24) is 24.6 Å². The summed E-state index contributed by atoms with van der Waals surface area (Å²) in [6, 6.07) is 6.30. The number of nitrogens with zero attached hydrogens (tertiary/aromatic N) is 5.